The molecule has 5 heteroatoms. The minimum atomic E-state index is -0.807. The summed E-state index contributed by atoms with van der Waals surface area (Å²) in [6, 6.07) is 23.1. The number of aliphatic carboxylic acids is 1. The number of aryl methyl sites for hydroxylation is 1. The number of phenolic OH excluding ortho intramolecular Hbond substituents is 1. The normalized spacial score (nSPS) is 11.9. The van der Waals surface area contributed by atoms with Crippen LogP contribution >= 0.6 is 0 Å². The Labute approximate surface area is 201 Å². The molecule has 0 spiro atoms. The summed E-state index contributed by atoms with van der Waals surface area (Å²) in [5.41, 5.74) is 4.42. The van der Waals surface area contributed by atoms with Gasteiger partial charge in [0.15, 0.2) is 0 Å². The van der Waals surface area contributed by atoms with Crippen molar-refractivity contribution < 1.29 is 19.8 Å². The van der Waals surface area contributed by atoms with Crippen LogP contribution in [0.1, 0.15) is 65.2 Å². The number of carboxylic acids is 1. The summed E-state index contributed by atoms with van der Waals surface area (Å²) in [5, 5.41) is 22.2. The Hall–Kier alpha value is -3.60. The first-order valence-corrected chi connectivity index (χ1v) is 11.8. The molecule has 1 amide bonds. The molecule has 0 saturated carbocycles. The van der Waals surface area contributed by atoms with E-state index in [-0.39, 0.29) is 29.6 Å². The lowest BCUT2D eigenvalue weighted by atomic mass is 9.90. The molecule has 5 nitrogen and oxygen atoms in total. The Morgan fingerprint density at radius 3 is 2.18 bits per heavy atom. The van der Waals surface area contributed by atoms with Crippen LogP contribution in [0.25, 0.3) is 0 Å². The van der Waals surface area contributed by atoms with Crippen molar-refractivity contribution in [2.75, 3.05) is 6.54 Å². The molecule has 0 bridgehead atoms. The molecule has 3 N–H and O–H groups in total. The third kappa shape index (κ3) is 7.48. The highest BCUT2D eigenvalue weighted by atomic mass is 16.4. The van der Waals surface area contributed by atoms with Crippen molar-refractivity contribution in [3.8, 4) is 5.75 Å². The lowest BCUT2D eigenvalue weighted by molar-refractivity contribution is -0.136. The molecule has 3 aromatic carbocycles. The number of benzene rings is 3. The fourth-order valence-corrected chi connectivity index (χ4v) is 4.13. The van der Waals surface area contributed by atoms with Crippen LogP contribution < -0.4 is 5.32 Å². The fraction of sp³-hybridized carbons (Fsp3) is 0.310. The Morgan fingerprint density at radius 2 is 1.53 bits per heavy atom. The number of nitrogens with one attached hydrogen (secondary N) is 1. The van der Waals surface area contributed by atoms with Crippen LogP contribution in [-0.2, 0) is 17.6 Å². The Bertz CT molecular complexity index is 1090. The van der Waals surface area contributed by atoms with Crippen molar-refractivity contribution in [3.63, 3.8) is 0 Å². The van der Waals surface area contributed by atoms with Crippen LogP contribution in [0, 0.1) is 5.92 Å². The molecule has 34 heavy (non-hydrogen) atoms. The van der Waals surface area contributed by atoms with Gasteiger partial charge in [-0.25, -0.2) is 0 Å². The molecule has 0 saturated heterocycles. The molecule has 0 aromatic heterocycles. The average Bonchev–Trinajstić information content (AvgIpc) is 2.82. The molecular formula is C29H33NO4. The van der Waals surface area contributed by atoms with Crippen molar-refractivity contribution in [2.24, 2.45) is 5.92 Å². The quantitative estimate of drug-likeness (QED) is 0.350. The summed E-state index contributed by atoms with van der Waals surface area (Å²) in [4.78, 5) is 23.7. The standard InChI is InChI=1S/C29H33NO4/c1-20(2)16-25(24-6-4-3-5-7-24)19-30-29(34)26-18-23(12-14-27(26)31)17-22-10-8-21(9-11-22)13-15-28(32)33/h3-12,14,18,20,25,31H,13,15-17,19H2,1-2H3,(H,30,34)(H,32,33). The highest BCUT2D eigenvalue weighted by molar-refractivity contribution is 5.97. The number of hydrogen-bond acceptors (Lipinski definition) is 3. The minimum Gasteiger partial charge on any atom is -0.507 e. The maximum absolute atomic E-state index is 12.9. The van der Waals surface area contributed by atoms with Crippen molar-refractivity contribution in [1.82, 2.24) is 5.32 Å². The summed E-state index contributed by atoms with van der Waals surface area (Å²) in [6.45, 7) is 4.85. The van der Waals surface area contributed by atoms with E-state index >= 15 is 0 Å². The van der Waals surface area contributed by atoms with Gasteiger partial charge in [-0.3, -0.25) is 9.59 Å². The van der Waals surface area contributed by atoms with Crippen LogP contribution in [0.15, 0.2) is 72.8 Å². The highest BCUT2D eigenvalue weighted by Gasteiger charge is 2.17. The smallest absolute Gasteiger partial charge is 0.303 e. The molecule has 178 valence electrons. The van der Waals surface area contributed by atoms with Gasteiger partial charge < -0.3 is 15.5 Å². The largest absolute Gasteiger partial charge is 0.507 e. The van der Waals surface area contributed by atoms with E-state index in [4.69, 9.17) is 5.11 Å². The topological polar surface area (TPSA) is 86.6 Å². The van der Waals surface area contributed by atoms with E-state index in [0.717, 1.165) is 23.1 Å². The molecule has 3 rings (SSSR count). The number of hydrogen-bond donors (Lipinski definition) is 3. The highest BCUT2D eigenvalue weighted by Crippen LogP contribution is 2.24. The molecule has 0 radical (unpaired) electrons. The van der Waals surface area contributed by atoms with Crippen molar-refractivity contribution in [3.05, 3.63) is 101 Å². The number of aromatic hydroxyl groups is 1. The average molecular weight is 460 g/mol. The molecular weight excluding hydrogens is 426 g/mol. The van der Waals surface area contributed by atoms with Crippen molar-refractivity contribution in [1.29, 1.82) is 0 Å². The van der Waals surface area contributed by atoms with Gasteiger partial charge in [-0.05, 0) is 59.6 Å². The number of amides is 1. The first-order chi connectivity index (χ1) is 16.3. The van der Waals surface area contributed by atoms with Crippen molar-refractivity contribution >= 4 is 11.9 Å². The zero-order chi connectivity index (χ0) is 24.5. The van der Waals surface area contributed by atoms with Gasteiger partial charge in [-0.2, -0.15) is 0 Å². The van der Waals surface area contributed by atoms with Crippen LogP contribution in [0.4, 0.5) is 0 Å². The maximum Gasteiger partial charge on any atom is 0.303 e. The van der Waals surface area contributed by atoms with Gasteiger partial charge in [0, 0.05) is 18.9 Å². The Kier molecular flexibility index (Phi) is 8.86. The summed E-state index contributed by atoms with van der Waals surface area (Å²) in [7, 11) is 0. The second-order valence-corrected chi connectivity index (χ2v) is 9.19. The molecule has 3 aromatic rings. The number of carbonyl (C=O) groups excluding carboxylic acids is 1. The Balaban J connectivity index is 1.66. The van der Waals surface area contributed by atoms with E-state index in [1.54, 1.807) is 12.1 Å². The van der Waals surface area contributed by atoms with Crippen molar-refractivity contribution in [2.45, 2.75) is 45.4 Å². The molecule has 0 aliphatic heterocycles. The summed E-state index contributed by atoms with van der Waals surface area (Å²) >= 11 is 0. The molecule has 0 heterocycles. The number of phenols is 1. The summed E-state index contributed by atoms with van der Waals surface area (Å²) < 4.78 is 0. The number of carbonyl (C=O) groups is 2. The maximum atomic E-state index is 12.9. The summed E-state index contributed by atoms with van der Waals surface area (Å²) in [6.07, 6.45) is 2.18. The van der Waals surface area contributed by atoms with Crippen LogP contribution in [0.3, 0.4) is 0 Å². The SMILES string of the molecule is CC(C)CC(CNC(=O)c1cc(Cc2ccc(CCC(=O)O)cc2)ccc1O)c1ccccc1. The van der Waals surface area contributed by atoms with Gasteiger partial charge in [-0.1, -0.05) is 74.5 Å². The van der Waals surface area contributed by atoms with Gasteiger partial charge >= 0.3 is 5.97 Å². The lowest BCUT2D eigenvalue weighted by Crippen LogP contribution is -2.29. The van der Waals surface area contributed by atoms with Gasteiger partial charge in [0.1, 0.15) is 5.75 Å². The van der Waals surface area contributed by atoms with E-state index in [1.807, 2.05) is 48.5 Å². The van der Waals surface area contributed by atoms with E-state index in [9.17, 15) is 14.7 Å². The molecule has 0 aliphatic rings. The second-order valence-electron chi connectivity index (χ2n) is 9.19. The first kappa shape index (κ1) is 25.0. The van der Waals surface area contributed by atoms with Gasteiger partial charge in [0.05, 0.1) is 5.56 Å². The zero-order valence-electron chi connectivity index (χ0n) is 19.8. The molecule has 1 atom stereocenters. The second kappa shape index (κ2) is 12.0. The Morgan fingerprint density at radius 1 is 0.882 bits per heavy atom. The summed E-state index contributed by atoms with van der Waals surface area (Å²) in [5.74, 6) is -0.429. The van der Waals surface area contributed by atoms with Gasteiger partial charge in [0.25, 0.3) is 5.91 Å². The third-order valence-corrected chi connectivity index (χ3v) is 5.90. The van der Waals surface area contributed by atoms with Crippen LogP contribution in [0.5, 0.6) is 5.75 Å². The first-order valence-electron chi connectivity index (χ1n) is 11.8. The predicted octanol–water partition coefficient (Wildman–Crippen LogP) is 5.56. The molecule has 1 unspecified atom stereocenters. The number of rotatable bonds is 11. The minimum absolute atomic E-state index is 0.0367. The van der Waals surface area contributed by atoms with E-state index in [2.05, 4.69) is 31.3 Å². The van der Waals surface area contributed by atoms with Gasteiger partial charge in [-0.15, -0.1) is 0 Å². The zero-order valence-corrected chi connectivity index (χ0v) is 19.8. The molecule has 0 fully saturated rings. The lowest BCUT2D eigenvalue weighted by Gasteiger charge is -2.20. The van der Waals surface area contributed by atoms with E-state index in [1.165, 1.54) is 5.56 Å². The van der Waals surface area contributed by atoms with Crippen LogP contribution in [-0.4, -0.2) is 28.6 Å². The van der Waals surface area contributed by atoms with E-state index in [0.29, 0.717) is 25.3 Å². The fourth-order valence-electron chi connectivity index (χ4n) is 4.13. The predicted molar refractivity (Wildman–Crippen MR) is 134 cm³/mol. The monoisotopic (exact) mass is 459 g/mol. The number of carboxylic acid groups (broad SMARTS) is 1. The van der Waals surface area contributed by atoms with E-state index < -0.39 is 5.97 Å². The molecule has 0 aliphatic carbocycles. The van der Waals surface area contributed by atoms with Gasteiger partial charge in [0.2, 0.25) is 0 Å². The van der Waals surface area contributed by atoms with Crippen LogP contribution in [0.2, 0.25) is 0 Å². The third-order valence-electron chi connectivity index (χ3n) is 5.90.